The topological polar surface area (TPSA) is 97.8 Å². The first-order chi connectivity index (χ1) is 17.2. The van der Waals surface area contributed by atoms with Crippen molar-refractivity contribution in [3.63, 3.8) is 0 Å². The van der Waals surface area contributed by atoms with Crippen molar-refractivity contribution < 1.29 is 23.3 Å². The zero-order valence-electron chi connectivity index (χ0n) is 19.4. The number of fused-ring (bicyclic) bond motifs is 2. The van der Waals surface area contributed by atoms with Crippen molar-refractivity contribution in [1.29, 1.82) is 0 Å². The van der Waals surface area contributed by atoms with E-state index in [4.69, 9.17) is 13.7 Å². The Hall–Kier alpha value is -4.07. The largest absolute Gasteiger partial charge is 0.467 e. The smallest absolute Gasteiger partial charge is 0.310 e. The summed E-state index contributed by atoms with van der Waals surface area (Å²) < 4.78 is 16.6. The van der Waals surface area contributed by atoms with E-state index in [1.165, 1.54) is 0 Å². The van der Waals surface area contributed by atoms with E-state index in [0.29, 0.717) is 53.2 Å². The molecule has 6 rings (SSSR count). The fraction of sp³-hybridized carbons (Fsp3) is 0.296. The molecule has 1 saturated heterocycles. The molecule has 1 aliphatic carbocycles. The van der Waals surface area contributed by atoms with Crippen LogP contribution in [0.15, 0.2) is 57.7 Å². The van der Waals surface area contributed by atoms with E-state index in [-0.39, 0.29) is 17.7 Å². The Morgan fingerprint density at radius 3 is 2.89 bits per heavy atom. The second kappa shape index (κ2) is 8.61. The van der Waals surface area contributed by atoms with Crippen LogP contribution in [-0.2, 0) is 16.1 Å². The highest BCUT2D eigenvalue weighted by Crippen LogP contribution is 2.46. The Kier molecular flexibility index (Phi) is 5.28. The van der Waals surface area contributed by atoms with Gasteiger partial charge in [0.2, 0.25) is 0 Å². The highest BCUT2D eigenvalue weighted by Gasteiger charge is 2.35. The average Bonchev–Trinajstić information content (AvgIpc) is 3.57. The van der Waals surface area contributed by atoms with Crippen LogP contribution in [0, 0.1) is 5.92 Å². The summed E-state index contributed by atoms with van der Waals surface area (Å²) in [6, 6.07) is 13.1. The molecule has 2 aromatic heterocycles. The summed E-state index contributed by atoms with van der Waals surface area (Å²) in [5, 5.41) is 8.53. The van der Waals surface area contributed by atoms with Crippen LogP contribution in [-0.4, -0.2) is 36.6 Å². The van der Waals surface area contributed by atoms with Gasteiger partial charge < -0.3 is 23.9 Å². The summed E-state index contributed by atoms with van der Waals surface area (Å²) in [7, 11) is 0. The van der Waals surface area contributed by atoms with Crippen LogP contribution in [0.2, 0.25) is 0 Å². The number of benzene rings is 2. The quantitative estimate of drug-likeness (QED) is 0.345. The summed E-state index contributed by atoms with van der Waals surface area (Å²) in [5.41, 5.74) is 4.03. The van der Waals surface area contributed by atoms with E-state index >= 15 is 0 Å². The van der Waals surface area contributed by atoms with E-state index in [0.717, 1.165) is 36.4 Å². The van der Waals surface area contributed by atoms with Gasteiger partial charge in [-0.25, -0.2) is 0 Å². The van der Waals surface area contributed by atoms with Crippen molar-refractivity contribution in [3.8, 4) is 11.3 Å². The Morgan fingerprint density at radius 2 is 2.09 bits per heavy atom. The van der Waals surface area contributed by atoms with Gasteiger partial charge in [-0.3, -0.25) is 9.59 Å². The highest BCUT2D eigenvalue weighted by molar-refractivity contribution is 6.28. The number of hydrogen-bond donors (Lipinski definition) is 1. The Bertz CT molecular complexity index is 1420. The third kappa shape index (κ3) is 3.56. The van der Waals surface area contributed by atoms with Gasteiger partial charge in [0.15, 0.2) is 11.5 Å². The van der Waals surface area contributed by atoms with Crippen LogP contribution in [0.5, 0.6) is 0 Å². The van der Waals surface area contributed by atoms with Gasteiger partial charge in [0, 0.05) is 29.9 Å². The van der Waals surface area contributed by atoms with Crippen LogP contribution in [0.1, 0.15) is 41.4 Å². The molecular weight excluding hydrogens is 446 g/mol. The molecule has 35 heavy (non-hydrogen) atoms. The number of rotatable bonds is 6. The van der Waals surface area contributed by atoms with Crippen LogP contribution >= 0.6 is 0 Å². The molecule has 1 fully saturated rings. The maximum absolute atomic E-state index is 13.7. The lowest BCUT2D eigenvalue weighted by molar-refractivity contribution is -0.148. The van der Waals surface area contributed by atoms with Crippen molar-refractivity contribution in [2.45, 2.75) is 26.3 Å². The number of aromatic nitrogens is 1. The van der Waals surface area contributed by atoms with Crippen molar-refractivity contribution in [2.24, 2.45) is 5.92 Å². The highest BCUT2D eigenvalue weighted by atomic mass is 16.5. The second-order valence-electron chi connectivity index (χ2n) is 8.90. The van der Waals surface area contributed by atoms with Crippen LogP contribution in [0.3, 0.4) is 0 Å². The molecule has 3 heterocycles. The van der Waals surface area contributed by atoms with Crippen LogP contribution in [0.25, 0.3) is 22.2 Å². The van der Waals surface area contributed by atoms with Crippen molar-refractivity contribution in [2.75, 3.05) is 29.9 Å². The van der Waals surface area contributed by atoms with Gasteiger partial charge in [-0.15, -0.1) is 0 Å². The molecule has 2 aromatic carbocycles. The molecule has 0 radical (unpaired) electrons. The molecule has 0 bridgehead atoms. The second-order valence-corrected chi connectivity index (χ2v) is 8.90. The van der Waals surface area contributed by atoms with E-state index in [1.807, 2.05) is 49.4 Å². The summed E-state index contributed by atoms with van der Waals surface area (Å²) in [4.78, 5) is 28.3. The zero-order valence-corrected chi connectivity index (χ0v) is 19.4. The molecule has 1 aliphatic heterocycles. The van der Waals surface area contributed by atoms with Gasteiger partial charge in [0.25, 0.3) is 0 Å². The van der Waals surface area contributed by atoms with E-state index in [1.54, 1.807) is 6.26 Å². The fourth-order valence-corrected chi connectivity index (χ4v) is 5.17. The van der Waals surface area contributed by atoms with Crippen molar-refractivity contribution >= 4 is 34.0 Å². The zero-order chi connectivity index (χ0) is 23.9. The monoisotopic (exact) mass is 471 g/mol. The number of esters is 1. The minimum absolute atomic E-state index is 0.0714. The summed E-state index contributed by atoms with van der Waals surface area (Å²) >= 11 is 0. The molecule has 1 atom stereocenters. The van der Waals surface area contributed by atoms with E-state index in [2.05, 4.69) is 15.4 Å². The first-order valence-electron chi connectivity index (χ1n) is 11.9. The van der Waals surface area contributed by atoms with Gasteiger partial charge >= 0.3 is 5.97 Å². The lowest BCUT2D eigenvalue weighted by Gasteiger charge is -2.34. The molecule has 8 heteroatoms. The van der Waals surface area contributed by atoms with Gasteiger partial charge in [-0.05, 0) is 38.0 Å². The average molecular weight is 472 g/mol. The van der Waals surface area contributed by atoms with Gasteiger partial charge in [-0.1, -0.05) is 29.4 Å². The molecule has 4 aromatic rings. The summed E-state index contributed by atoms with van der Waals surface area (Å²) in [5.74, 6) is 0.894. The number of ether oxygens (including phenoxy) is 1. The normalized spacial score (nSPS) is 16.9. The summed E-state index contributed by atoms with van der Waals surface area (Å²) in [6.07, 6.45) is 3.27. The number of hydrogen-bond acceptors (Lipinski definition) is 8. The lowest BCUT2D eigenvalue weighted by atomic mass is 9.86. The van der Waals surface area contributed by atoms with E-state index in [9.17, 15) is 9.59 Å². The molecule has 0 amide bonds. The minimum atomic E-state index is -0.209. The predicted octanol–water partition coefficient (Wildman–Crippen LogP) is 5.02. The van der Waals surface area contributed by atoms with Crippen molar-refractivity contribution in [3.05, 3.63) is 65.6 Å². The van der Waals surface area contributed by atoms with Crippen LogP contribution < -0.4 is 10.2 Å². The van der Waals surface area contributed by atoms with Gasteiger partial charge in [0.05, 0.1) is 42.0 Å². The standard InChI is InChI=1S/C27H25N3O5/c1-2-33-27(32)16-7-5-11-30(15-16)21-13-20(28-14-17-8-6-12-34-17)22-23-24(21)29-35-26(23)19-10-4-3-9-18(19)25(22)31/h3-4,6,8-10,12-13,16,28H,2,5,7,11,14-15H2,1H3. The SMILES string of the molecule is CCOC(=O)C1CCCN(c2cc(NCc3ccco3)c3c4c(onc24)-c2ccccc2C3=O)C1. The number of ketones is 1. The number of anilines is 2. The number of furan rings is 1. The van der Waals surface area contributed by atoms with Gasteiger partial charge in [0.1, 0.15) is 11.3 Å². The molecular formula is C27H25N3O5. The predicted molar refractivity (Wildman–Crippen MR) is 130 cm³/mol. The molecule has 178 valence electrons. The first kappa shape index (κ1) is 21.5. The van der Waals surface area contributed by atoms with Crippen molar-refractivity contribution in [1.82, 2.24) is 5.16 Å². The maximum Gasteiger partial charge on any atom is 0.310 e. The Balaban J connectivity index is 1.48. The Morgan fingerprint density at radius 1 is 1.23 bits per heavy atom. The number of carbonyl (C=O) groups is 2. The van der Waals surface area contributed by atoms with Gasteiger partial charge in [-0.2, -0.15) is 0 Å². The number of nitrogens with zero attached hydrogens (tertiary/aromatic N) is 2. The molecule has 1 unspecified atom stereocenters. The minimum Gasteiger partial charge on any atom is -0.467 e. The lowest BCUT2D eigenvalue weighted by Crippen LogP contribution is -2.39. The third-order valence-corrected chi connectivity index (χ3v) is 6.79. The first-order valence-corrected chi connectivity index (χ1v) is 11.9. The molecule has 1 N–H and O–H groups in total. The number of carbonyl (C=O) groups excluding carboxylic acids is 2. The summed E-state index contributed by atoms with van der Waals surface area (Å²) in [6.45, 7) is 3.91. The number of piperidine rings is 1. The molecule has 8 nitrogen and oxygen atoms in total. The fourth-order valence-electron chi connectivity index (χ4n) is 5.17. The Labute approximate surface area is 201 Å². The third-order valence-electron chi connectivity index (χ3n) is 6.79. The number of nitrogens with one attached hydrogen (secondary N) is 1. The molecule has 0 saturated carbocycles. The van der Waals surface area contributed by atoms with E-state index < -0.39 is 0 Å². The van der Waals surface area contributed by atoms with Crippen LogP contribution in [0.4, 0.5) is 11.4 Å². The molecule has 2 aliphatic rings. The molecule has 0 spiro atoms. The maximum atomic E-state index is 13.7.